The highest BCUT2D eigenvalue weighted by atomic mass is 35.5. The molecule has 0 bridgehead atoms. The normalized spacial score (nSPS) is 10.0. The van der Waals surface area contributed by atoms with E-state index >= 15 is 0 Å². The molecule has 0 atom stereocenters. The largest absolute Gasteiger partial charge is 0.491 e. The summed E-state index contributed by atoms with van der Waals surface area (Å²) in [5.41, 5.74) is 6.82. The number of unbranched alkanes of at least 4 members (excludes halogenated alkanes) is 2. The highest BCUT2D eigenvalue weighted by Crippen LogP contribution is 2.23. The Morgan fingerprint density at radius 3 is 2.52 bits per heavy atom. The molecule has 0 heterocycles. The van der Waals surface area contributed by atoms with Crippen LogP contribution in [0.2, 0.25) is 0 Å². The molecule has 0 aliphatic rings. The first-order chi connectivity index (χ1) is 10.7. The Hall–Kier alpha value is -1.46. The second-order valence-electron chi connectivity index (χ2n) is 5.19. The molecule has 0 fully saturated rings. The van der Waals surface area contributed by atoms with Crippen molar-refractivity contribution in [2.75, 3.05) is 32.0 Å². The minimum Gasteiger partial charge on any atom is -0.491 e. The number of esters is 1. The topological polar surface area (TPSA) is 73.6 Å². The zero-order valence-corrected chi connectivity index (χ0v) is 14.9. The molecule has 0 saturated heterocycles. The SMILES string of the molecule is CCCCNCCOC(=O)c1ccc(OCCCC)c(N)c1.Cl. The average molecular weight is 345 g/mol. The third kappa shape index (κ3) is 8.67. The number of nitrogens with one attached hydrogen (secondary N) is 1. The summed E-state index contributed by atoms with van der Waals surface area (Å²) in [7, 11) is 0. The molecule has 6 heteroatoms. The van der Waals surface area contributed by atoms with Crippen LogP contribution in [0.3, 0.4) is 0 Å². The molecule has 1 rings (SSSR count). The standard InChI is InChI=1S/C17H28N2O3.ClH/c1-3-5-9-19-10-12-22-17(20)14-7-8-16(15(18)13-14)21-11-6-4-2;/h7-8,13,19H,3-6,9-12,18H2,1-2H3;1H. The fourth-order valence-electron chi connectivity index (χ4n) is 1.86. The molecule has 0 aliphatic carbocycles. The second kappa shape index (κ2) is 13.0. The van der Waals surface area contributed by atoms with Crippen molar-refractivity contribution in [3.8, 4) is 5.75 Å². The van der Waals surface area contributed by atoms with Crippen LogP contribution in [0.15, 0.2) is 18.2 Å². The zero-order chi connectivity index (χ0) is 16.2. The van der Waals surface area contributed by atoms with Crippen molar-refractivity contribution >= 4 is 24.1 Å². The lowest BCUT2D eigenvalue weighted by atomic mass is 10.2. The molecule has 23 heavy (non-hydrogen) atoms. The van der Waals surface area contributed by atoms with Crippen molar-refractivity contribution < 1.29 is 14.3 Å². The van der Waals surface area contributed by atoms with Crippen LogP contribution in [0.4, 0.5) is 5.69 Å². The van der Waals surface area contributed by atoms with E-state index in [-0.39, 0.29) is 18.4 Å². The van der Waals surface area contributed by atoms with Crippen LogP contribution in [-0.4, -0.2) is 32.3 Å². The van der Waals surface area contributed by atoms with Gasteiger partial charge >= 0.3 is 5.97 Å². The van der Waals surface area contributed by atoms with Crippen LogP contribution >= 0.6 is 12.4 Å². The Morgan fingerprint density at radius 2 is 1.87 bits per heavy atom. The van der Waals surface area contributed by atoms with E-state index < -0.39 is 0 Å². The van der Waals surface area contributed by atoms with Gasteiger partial charge in [-0.2, -0.15) is 0 Å². The smallest absolute Gasteiger partial charge is 0.338 e. The van der Waals surface area contributed by atoms with Crippen LogP contribution in [0.25, 0.3) is 0 Å². The van der Waals surface area contributed by atoms with Gasteiger partial charge in [0.2, 0.25) is 0 Å². The Balaban J connectivity index is 0.00000484. The Morgan fingerprint density at radius 1 is 1.13 bits per heavy atom. The van der Waals surface area contributed by atoms with Crippen LogP contribution in [0.5, 0.6) is 5.75 Å². The van der Waals surface area contributed by atoms with Crippen molar-refractivity contribution in [3.63, 3.8) is 0 Å². The highest BCUT2D eigenvalue weighted by Gasteiger charge is 2.10. The molecule has 0 amide bonds. The van der Waals surface area contributed by atoms with Crippen LogP contribution in [-0.2, 0) is 4.74 Å². The third-order valence-corrected chi connectivity index (χ3v) is 3.22. The zero-order valence-electron chi connectivity index (χ0n) is 14.1. The number of carbonyl (C=O) groups is 1. The van der Waals surface area contributed by atoms with Gasteiger partial charge in [-0.3, -0.25) is 0 Å². The number of hydrogen-bond donors (Lipinski definition) is 2. The summed E-state index contributed by atoms with van der Waals surface area (Å²) in [6.45, 7) is 6.85. The van der Waals surface area contributed by atoms with Gasteiger partial charge in [-0.25, -0.2) is 4.79 Å². The molecule has 132 valence electrons. The summed E-state index contributed by atoms with van der Waals surface area (Å²) in [5.74, 6) is 0.260. The van der Waals surface area contributed by atoms with E-state index in [0.717, 1.165) is 32.2 Å². The minimum absolute atomic E-state index is 0. The maximum absolute atomic E-state index is 11.9. The number of nitrogen functional groups attached to an aromatic ring is 1. The molecule has 0 saturated carbocycles. The first-order valence-electron chi connectivity index (χ1n) is 8.09. The molecule has 0 aromatic heterocycles. The minimum atomic E-state index is -0.357. The van der Waals surface area contributed by atoms with E-state index in [9.17, 15) is 4.79 Å². The number of carbonyl (C=O) groups excluding carboxylic acids is 1. The number of rotatable bonds is 11. The highest BCUT2D eigenvalue weighted by molar-refractivity contribution is 5.91. The van der Waals surface area contributed by atoms with Gasteiger partial charge in [0.05, 0.1) is 17.9 Å². The summed E-state index contributed by atoms with van der Waals surface area (Å²) in [6, 6.07) is 5.01. The second-order valence-corrected chi connectivity index (χ2v) is 5.19. The van der Waals surface area contributed by atoms with Crippen LogP contribution in [0, 0.1) is 0 Å². The summed E-state index contributed by atoms with van der Waals surface area (Å²) in [4.78, 5) is 11.9. The molecule has 1 aromatic rings. The fraction of sp³-hybridized carbons (Fsp3) is 0.588. The van der Waals surface area contributed by atoms with E-state index in [1.807, 2.05) is 0 Å². The average Bonchev–Trinajstić information content (AvgIpc) is 2.52. The summed E-state index contributed by atoms with van der Waals surface area (Å²) < 4.78 is 10.8. The fourth-order valence-corrected chi connectivity index (χ4v) is 1.86. The van der Waals surface area contributed by atoms with Gasteiger partial charge < -0.3 is 20.5 Å². The molecular weight excluding hydrogens is 316 g/mol. The van der Waals surface area contributed by atoms with Crippen molar-refractivity contribution in [1.29, 1.82) is 0 Å². The summed E-state index contributed by atoms with van der Waals surface area (Å²) in [5, 5.41) is 3.22. The summed E-state index contributed by atoms with van der Waals surface area (Å²) >= 11 is 0. The van der Waals surface area contributed by atoms with Crippen molar-refractivity contribution in [1.82, 2.24) is 5.32 Å². The van der Waals surface area contributed by atoms with E-state index in [1.165, 1.54) is 0 Å². The van der Waals surface area contributed by atoms with Gasteiger partial charge in [-0.05, 0) is 37.6 Å². The number of hydrogen-bond acceptors (Lipinski definition) is 5. The molecular formula is C17H29ClN2O3. The molecule has 0 aliphatic heterocycles. The molecule has 3 N–H and O–H groups in total. The van der Waals surface area contributed by atoms with Gasteiger partial charge in [0.1, 0.15) is 12.4 Å². The predicted octanol–water partition coefficient (Wildman–Crippen LogP) is 3.42. The quantitative estimate of drug-likeness (QED) is 0.365. The molecule has 0 unspecified atom stereocenters. The van der Waals surface area contributed by atoms with Crippen molar-refractivity contribution in [2.45, 2.75) is 39.5 Å². The molecule has 0 radical (unpaired) electrons. The van der Waals surface area contributed by atoms with Gasteiger partial charge in [-0.15, -0.1) is 12.4 Å². The monoisotopic (exact) mass is 344 g/mol. The maximum Gasteiger partial charge on any atom is 0.338 e. The molecule has 0 spiro atoms. The van der Waals surface area contributed by atoms with Crippen LogP contribution < -0.4 is 15.8 Å². The van der Waals surface area contributed by atoms with E-state index in [1.54, 1.807) is 18.2 Å². The van der Waals surface area contributed by atoms with Crippen molar-refractivity contribution in [3.05, 3.63) is 23.8 Å². The van der Waals surface area contributed by atoms with Crippen LogP contribution in [0.1, 0.15) is 49.9 Å². The third-order valence-electron chi connectivity index (χ3n) is 3.22. The first-order valence-corrected chi connectivity index (χ1v) is 8.09. The number of ether oxygens (including phenoxy) is 2. The Labute approximate surface area is 145 Å². The van der Waals surface area contributed by atoms with Crippen molar-refractivity contribution in [2.24, 2.45) is 0 Å². The van der Waals surface area contributed by atoms with Gasteiger partial charge in [0.25, 0.3) is 0 Å². The maximum atomic E-state index is 11.9. The number of nitrogens with two attached hydrogens (primary N) is 1. The van der Waals surface area contributed by atoms with Gasteiger partial charge in [-0.1, -0.05) is 26.7 Å². The number of benzene rings is 1. The molecule has 1 aromatic carbocycles. The Kier molecular flexibility index (Phi) is 12.2. The summed E-state index contributed by atoms with van der Waals surface area (Å²) in [6.07, 6.45) is 4.33. The lowest BCUT2D eigenvalue weighted by Crippen LogP contribution is -2.22. The molecule has 5 nitrogen and oxygen atoms in total. The van der Waals surface area contributed by atoms with Gasteiger partial charge in [0, 0.05) is 6.54 Å². The lowest BCUT2D eigenvalue weighted by Gasteiger charge is -2.10. The van der Waals surface area contributed by atoms with E-state index in [4.69, 9.17) is 15.2 Å². The number of halogens is 1. The number of anilines is 1. The van der Waals surface area contributed by atoms with E-state index in [2.05, 4.69) is 19.2 Å². The van der Waals surface area contributed by atoms with E-state index in [0.29, 0.717) is 36.8 Å². The van der Waals surface area contributed by atoms with Gasteiger partial charge in [0.15, 0.2) is 0 Å². The predicted molar refractivity (Wildman–Crippen MR) is 96.6 cm³/mol. The first kappa shape index (κ1) is 21.5. The Bertz CT molecular complexity index is 455. The lowest BCUT2D eigenvalue weighted by molar-refractivity contribution is 0.0508.